The van der Waals surface area contributed by atoms with Crippen molar-refractivity contribution in [3.63, 3.8) is 0 Å². The molecule has 2 amide bonds. The van der Waals surface area contributed by atoms with Gasteiger partial charge in [0.1, 0.15) is 5.82 Å². The molecule has 1 atom stereocenters. The molecule has 2 aromatic carbocycles. The van der Waals surface area contributed by atoms with Gasteiger partial charge in [0.25, 0.3) is 0 Å². The molecule has 1 aromatic heterocycles. The Labute approximate surface area is 192 Å². The molecule has 0 aliphatic carbocycles. The topological polar surface area (TPSA) is 101 Å². The first kappa shape index (κ1) is 21.4. The van der Waals surface area contributed by atoms with Crippen LogP contribution >= 0.6 is 0 Å². The molecule has 0 radical (unpaired) electrons. The van der Waals surface area contributed by atoms with Gasteiger partial charge in [-0.1, -0.05) is 24.3 Å². The van der Waals surface area contributed by atoms with Gasteiger partial charge < -0.3 is 10.2 Å². The molecule has 2 aliphatic rings. The Bertz CT molecular complexity index is 1380. The van der Waals surface area contributed by atoms with Gasteiger partial charge in [-0.15, -0.1) is 0 Å². The molecule has 0 saturated carbocycles. The monoisotopic (exact) mass is 464 g/mol. The number of fused-ring (bicyclic) bond motifs is 1. The molecular formula is C24H24N4O4S. The van der Waals surface area contributed by atoms with E-state index in [0.29, 0.717) is 17.1 Å². The van der Waals surface area contributed by atoms with Gasteiger partial charge in [0.15, 0.2) is 9.84 Å². The van der Waals surface area contributed by atoms with Crippen LogP contribution in [0.25, 0.3) is 5.69 Å². The predicted molar refractivity (Wildman–Crippen MR) is 125 cm³/mol. The van der Waals surface area contributed by atoms with Gasteiger partial charge in [0.2, 0.25) is 11.8 Å². The second kappa shape index (κ2) is 7.84. The number of amides is 2. The minimum absolute atomic E-state index is 0.0960. The van der Waals surface area contributed by atoms with Crippen LogP contribution in [0.5, 0.6) is 0 Å². The first-order valence-corrected chi connectivity index (χ1v) is 12.6. The maximum atomic E-state index is 13.2. The molecule has 2 aliphatic heterocycles. The highest BCUT2D eigenvalue weighted by Crippen LogP contribution is 2.34. The van der Waals surface area contributed by atoms with Crippen molar-refractivity contribution in [2.45, 2.75) is 31.8 Å². The molecular weight excluding hydrogens is 440 g/mol. The summed E-state index contributed by atoms with van der Waals surface area (Å²) in [4.78, 5) is 27.6. The van der Waals surface area contributed by atoms with Gasteiger partial charge in [-0.25, -0.2) is 13.1 Å². The van der Waals surface area contributed by atoms with Crippen molar-refractivity contribution in [2.24, 2.45) is 5.92 Å². The molecule has 5 rings (SSSR count). The number of benzene rings is 2. The predicted octanol–water partition coefficient (Wildman–Crippen LogP) is 2.91. The highest BCUT2D eigenvalue weighted by Gasteiger charge is 2.38. The summed E-state index contributed by atoms with van der Waals surface area (Å²) in [6.45, 7) is 4.27. The van der Waals surface area contributed by atoms with E-state index in [1.165, 1.54) is 0 Å². The van der Waals surface area contributed by atoms with Crippen LogP contribution in [-0.2, 0) is 30.9 Å². The summed E-state index contributed by atoms with van der Waals surface area (Å²) in [6.07, 6.45) is 0.0960. The number of aryl methyl sites for hydroxylation is 2. The summed E-state index contributed by atoms with van der Waals surface area (Å²) < 4.78 is 25.9. The fourth-order valence-electron chi connectivity index (χ4n) is 4.37. The van der Waals surface area contributed by atoms with Crippen molar-refractivity contribution in [1.82, 2.24) is 9.78 Å². The van der Waals surface area contributed by atoms with Crippen LogP contribution in [0.4, 0.5) is 11.5 Å². The van der Waals surface area contributed by atoms with Crippen LogP contribution in [0.15, 0.2) is 48.5 Å². The normalized spacial score (nSPS) is 19.0. The van der Waals surface area contributed by atoms with Crippen molar-refractivity contribution >= 4 is 33.2 Å². The maximum absolute atomic E-state index is 13.2. The number of nitrogens with zero attached hydrogens (tertiary/aromatic N) is 3. The number of rotatable bonds is 4. The first-order valence-electron chi connectivity index (χ1n) is 10.8. The van der Waals surface area contributed by atoms with E-state index in [2.05, 4.69) is 10.4 Å². The third-order valence-corrected chi connectivity index (χ3v) is 7.77. The molecule has 0 bridgehead atoms. The Hall–Kier alpha value is -3.46. The van der Waals surface area contributed by atoms with E-state index >= 15 is 0 Å². The van der Waals surface area contributed by atoms with E-state index in [9.17, 15) is 18.0 Å². The van der Waals surface area contributed by atoms with E-state index in [0.717, 1.165) is 22.5 Å². The molecule has 3 heterocycles. The fourth-order valence-corrected chi connectivity index (χ4v) is 5.87. The molecule has 3 aromatic rings. The van der Waals surface area contributed by atoms with E-state index in [1.54, 1.807) is 9.58 Å². The highest BCUT2D eigenvalue weighted by atomic mass is 32.2. The summed E-state index contributed by atoms with van der Waals surface area (Å²) in [5.74, 6) is -0.927. The standard InChI is InChI=1S/C24H24N4O4S/c1-15-8-9-19(10-16(15)2)27-12-17(11-22(27)29)24(30)25-23-20-13-33(31,32)14-21(20)26-28(23)18-6-4-3-5-7-18/h3-10,17H,11-14H2,1-2H3,(H,25,30). The van der Waals surface area contributed by atoms with Gasteiger partial charge in [-0.3, -0.25) is 9.59 Å². The molecule has 9 heteroatoms. The maximum Gasteiger partial charge on any atom is 0.230 e. The number of aromatic nitrogens is 2. The van der Waals surface area contributed by atoms with E-state index in [1.807, 2.05) is 62.4 Å². The lowest BCUT2D eigenvalue weighted by molar-refractivity contribution is -0.122. The van der Waals surface area contributed by atoms with E-state index in [-0.39, 0.29) is 36.3 Å². The quantitative estimate of drug-likeness (QED) is 0.640. The second-order valence-corrected chi connectivity index (χ2v) is 10.8. The van der Waals surface area contributed by atoms with Gasteiger partial charge in [-0.05, 0) is 49.2 Å². The summed E-state index contributed by atoms with van der Waals surface area (Å²) in [5.41, 5.74) is 4.68. The molecule has 1 fully saturated rings. The number of para-hydroxylation sites is 1. The summed E-state index contributed by atoms with van der Waals surface area (Å²) in [5, 5.41) is 7.38. The van der Waals surface area contributed by atoms with Crippen LogP contribution < -0.4 is 10.2 Å². The Morgan fingerprint density at radius 1 is 1.03 bits per heavy atom. The highest BCUT2D eigenvalue weighted by molar-refractivity contribution is 7.90. The van der Waals surface area contributed by atoms with Crippen molar-refractivity contribution in [3.05, 3.63) is 70.9 Å². The minimum atomic E-state index is -3.29. The van der Waals surface area contributed by atoms with E-state index in [4.69, 9.17) is 0 Å². The molecule has 33 heavy (non-hydrogen) atoms. The van der Waals surface area contributed by atoms with Gasteiger partial charge in [-0.2, -0.15) is 5.10 Å². The van der Waals surface area contributed by atoms with Crippen molar-refractivity contribution in [1.29, 1.82) is 0 Å². The summed E-state index contributed by atoms with van der Waals surface area (Å²) >= 11 is 0. The van der Waals surface area contributed by atoms with Crippen molar-refractivity contribution < 1.29 is 18.0 Å². The SMILES string of the molecule is Cc1ccc(N2CC(C(=O)Nc3c4c(nn3-c3ccccc3)CS(=O)(=O)C4)CC2=O)cc1C. The Morgan fingerprint density at radius 3 is 2.52 bits per heavy atom. The van der Waals surface area contributed by atoms with E-state index < -0.39 is 15.8 Å². The number of sulfone groups is 1. The van der Waals surface area contributed by atoms with Crippen LogP contribution in [0, 0.1) is 19.8 Å². The third-order valence-electron chi connectivity index (χ3n) is 6.33. The smallest absolute Gasteiger partial charge is 0.230 e. The Morgan fingerprint density at radius 2 is 1.79 bits per heavy atom. The fraction of sp³-hybridized carbons (Fsp3) is 0.292. The van der Waals surface area contributed by atoms with Crippen LogP contribution in [-0.4, -0.2) is 36.6 Å². The number of hydrogen-bond acceptors (Lipinski definition) is 5. The second-order valence-electron chi connectivity index (χ2n) is 8.72. The average Bonchev–Trinajstić information content (AvgIpc) is 3.41. The van der Waals surface area contributed by atoms with Gasteiger partial charge in [0.05, 0.1) is 28.8 Å². The molecule has 1 unspecified atom stereocenters. The van der Waals surface area contributed by atoms with Crippen molar-refractivity contribution in [2.75, 3.05) is 16.8 Å². The number of nitrogens with one attached hydrogen (secondary N) is 1. The molecule has 8 nitrogen and oxygen atoms in total. The zero-order chi connectivity index (χ0) is 23.3. The van der Waals surface area contributed by atoms with Gasteiger partial charge >= 0.3 is 0 Å². The zero-order valence-corrected chi connectivity index (χ0v) is 19.2. The molecule has 0 spiro atoms. The number of hydrogen-bond donors (Lipinski definition) is 1. The van der Waals surface area contributed by atoms with Gasteiger partial charge in [0, 0.05) is 24.2 Å². The lowest BCUT2D eigenvalue weighted by atomic mass is 10.1. The number of anilines is 2. The lowest BCUT2D eigenvalue weighted by Gasteiger charge is -2.18. The number of carbonyl (C=O) groups excluding carboxylic acids is 2. The van der Waals surface area contributed by atoms with Crippen LogP contribution in [0.3, 0.4) is 0 Å². The summed E-state index contributed by atoms with van der Waals surface area (Å²) in [6, 6.07) is 15.1. The molecule has 170 valence electrons. The van der Waals surface area contributed by atoms with Crippen LogP contribution in [0.1, 0.15) is 28.8 Å². The summed E-state index contributed by atoms with van der Waals surface area (Å²) in [7, 11) is -3.29. The molecule has 1 N–H and O–H groups in total. The third kappa shape index (κ3) is 3.93. The molecule has 1 saturated heterocycles. The lowest BCUT2D eigenvalue weighted by Crippen LogP contribution is -2.29. The Kier molecular flexibility index (Phi) is 5.08. The average molecular weight is 465 g/mol. The van der Waals surface area contributed by atoms with Crippen molar-refractivity contribution in [3.8, 4) is 5.69 Å². The first-order chi connectivity index (χ1) is 15.7. The van der Waals surface area contributed by atoms with Crippen LogP contribution in [0.2, 0.25) is 0 Å². The largest absolute Gasteiger partial charge is 0.312 e. The number of carbonyl (C=O) groups is 2. The Balaban J connectivity index is 1.42. The minimum Gasteiger partial charge on any atom is -0.312 e. The zero-order valence-electron chi connectivity index (χ0n) is 18.4.